The van der Waals surface area contributed by atoms with Crippen molar-refractivity contribution in [3.63, 3.8) is 0 Å². The Morgan fingerprint density at radius 2 is 1.88 bits per heavy atom. The Kier molecular flexibility index (Phi) is 3.84. The third-order valence-corrected chi connectivity index (χ3v) is 4.50. The summed E-state index contributed by atoms with van der Waals surface area (Å²) >= 11 is 0. The van der Waals surface area contributed by atoms with Crippen LogP contribution in [0, 0.1) is 12.7 Å². The summed E-state index contributed by atoms with van der Waals surface area (Å²) in [5.74, 6) is -0.219. The number of benzene rings is 2. The molecule has 0 spiro atoms. The highest BCUT2D eigenvalue weighted by Crippen LogP contribution is 2.31. The molecule has 0 bridgehead atoms. The van der Waals surface area contributed by atoms with Crippen LogP contribution in [0.4, 0.5) is 4.39 Å². The first kappa shape index (κ1) is 16.1. The largest absolute Gasteiger partial charge is 0.319 e. The summed E-state index contributed by atoms with van der Waals surface area (Å²) in [7, 11) is 1.96. The summed E-state index contributed by atoms with van der Waals surface area (Å²) in [5.41, 5.74) is 5.63. The molecule has 4 aromatic rings. The maximum Gasteiger partial charge on any atom is 0.266 e. The van der Waals surface area contributed by atoms with Crippen molar-refractivity contribution in [2.24, 2.45) is 7.05 Å². The second kappa shape index (κ2) is 6.19. The zero-order chi connectivity index (χ0) is 18.3. The summed E-state index contributed by atoms with van der Waals surface area (Å²) in [6, 6.07) is 14.9. The zero-order valence-corrected chi connectivity index (χ0v) is 14.5. The molecule has 0 saturated carbocycles. The number of aryl methyl sites for hydroxylation is 2. The van der Waals surface area contributed by atoms with Crippen molar-refractivity contribution in [2.75, 3.05) is 0 Å². The highest BCUT2D eigenvalue weighted by atomic mass is 19.1. The minimum atomic E-state index is -0.234. The van der Waals surface area contributed by atoms with Gasteiger partial charge in [0.25, 0.3) is 5.56 Å². The summed E-state index contributed by atoms with van der Waals surface area (Å²) in [5, 5.41) is 0. The third kappa shape index (κ3) is 2.77. The number of aromatic amines is 1. The number of pyridine rings is 1. The molecule has 5 heteroatoms. The van der Waals surface area contributed by atoms with E-state index in [0.717, 1.165) is 27.9 Å². The fraction of sp³-hybridized carbons (Fsp3) is 0.0952. The first-order valence-electron chi connectivity index (χ1n) is 8.27. The van der Waals surface area contributed by atoms with Gasteiger partial charge in [0, 0.05) is 11.6 Å². The van der Waals surface area contributed by atoms with E-state index in [-0.39, 0.29) is 11.4 Å². The molecule has 1 N–H and O–H groups in total. The van der Waals surface area contributed by atoms with E-state index >= 15 is 0 Å². The van der Waals surface area contributed by atoms with Gasteiger partial charge in [0.2, 0.25) is 5.69 Å². The second-order valence-electron chi connectivity index (χ2n) is 6.32. The lowest BCUT2D eigenvalue weighted by Crippen LogP contribution is -2.31. The first-order valence-corrected chi connectivity index (χ1v) is 8.27. The summed E-state index contributed by atoms with van der Waals surface area (Å²) in [4.78, 5) is 18.5. The molecule has 4 rings (SSSR count). The fourth-order valence-corrected chi connectivity index (χ4v) is 3.21. The highest BCUT2D eigenvalue weighted by molar-refractivity contribution is 5.85. The smallest absolute Gasteiger partial charge is 0.266 e. The van der Waals surface area contributed by atoms with Gasteiger partial charge in [-0.15, -0.1) is 0 Å². The van der Waals surface area contributed by atoms with E-state index in [0.29, 0.717) is 11.1 Å². The quantitative estimate of drug-likeness (QED) is 0.565. The van der Waals surface area contributed by atoms with Gasteiger partial charge in [-0.25, -0.2) is 13.9 Å². The van der Waals surface area contributed by atoms with Crippen LogP contribution >= 0.6 is 0 Å². The van der Waals surface area contributed by atoms with Gasteiger partial charge >= 0.3 is 0 Å². The normalized spacial score (nSPS) is 11.0. The van der Waals surface area contributed by atoms with Crippen LogP contribution < -0.4 is 10.1 Å². The minimum Gasteiger partial charge on any atom is -0.319 e. The number of aromatic nitrogens is 3. The molecule has 0 aliphatic rings. The van der Waals surface area contributed by atoms with Crippen LogP contribution in [0.25, 0.3) is 33.4 Å². The van der Waals surface area contributed by atoms with Gasteiger partial charge in [0.05, 0.1) is 22.8 Å². The van der Waals surface area contributed by atoms with E-state index in [9.17, 15) is 9.18 Å². The molecule has 2 heterocycles. The Balaban J connectivity index is 1.96. The average molecular weight is 346 g/mol. The van der Waals surface area contributed by atoms with E-state index in [1.54, 1.807) is 13.0 Å². The third-order valence-electron chi connectivity index (χ3n) is 4.50. The van der Waals surface area contributed by atoms with Crippen LogP contribution in [0.3, 0.4) is 0 Å². The lowest BCUT2D eigenvalue weighted by atomic mass is 9.97. The molecule has 0 unspecified atom stereocenters. The van der Waals surface area contributed by atoms with Gasteiger partial charge in [-0.2, -0.15) is 0 Å². The van der Waals surface area contributed by atoms with E-state index < -0.39 is 0 Å². The number of hydrogen-bond acceptors (Lipinski definition) is 2. The summed E-state index contributed by atoms with van der Waals surface area (Å²) in [6.07, 6.45) is 3.24. The molecule has 0 amide bonds. The van der Waals surface area contributed by atoms with E-state index in [4.69, 9.17) is 0 Å². The predicted octanol–water partition coefficient (Wildman–Crippen LogP) is 3.53. The standard InChI is InChI=1S/C21H16FN3O/c1-13-10-15(5-7-17(13)22)21-16(4-3-9-25(21)2)14-6-8-18-19(11-14)24-20(26)12-23-18/h3-12H,1-2H3/p+1. The van der Waals surface area contributed by atoms with Crippen molar-refractivity contribution in [2.45, 2.75) is 6.92 Å². The van der Waals surface area contributed by atoms with Gasteiger partial charge in [-0.1, -0.05) is 6.07 Å². The summed E-state index contributed by atoms with van der Waals surface area (Å²) in [6.45, 7) is 1.76. The van der Waals surface area contributed by atoms with E-state index in [1.165, 1.54) is 12.3 Å². The van der Waals surface area contributed by atoms with Gasteiger partial charge in [-0.05, 0) is 54.4 Å². The predicted molar refractivity (Wildman–Crippen MR) is 99.1 cm³/mol. The molecule has 26 heavy (non-hydrogen) atoms. The SMILES string of the molecule is Cc1cc(-c2c(-c3ccc4ncc(=O)[nH]c4c3)ccc[n+]2C)ccc1F. The maximum atomic E-state index is 13.7. The lowest BCUT2D eigenvalue weighted by Gasteiger charge is -2.09. The van der Waals surface area contributed by atoms with Gasteiger partial charge in [0.1, 0.15) is 12.9 Å². The average Bonchev–Trinajstić information content (AvgIpc) is 2.63. The first-order chi connectivity index (χ1) is 12.5. The maximum absolute atomic E-state index is 13.7. The number of halogens is 1. The number of rotatable bonds is 2. The molecule has 0 aliphatic heterocycles. The molecule has 0 fully saturated rings. The zero-order valence-electron chi connectivity index (χ0n) is 14.5. The molecule has 0 radical (unpaired) electrons. The number of hydrogen-bond donors (Lipinski definition) is 1. The molecule has 2 aromatic carbocycles. The van der Waals surface area contributed by atoms with Crippen molar-refractivity contribution in [3.05, 3.63) is 82.7 Å². The van der Waals surface area contributed by atoms with Gasteiger partial charge < -0.3 is 4.98 Å². The minimum absolute atomic E-state index is 0.219. The van der Waals surface area contributed by atoms with Crippen molar-refractivity contribution in [3.8, 4) is 22.4 Å². The molecule has 128 valence electrons. The molecule has 0 saturated heterocycles. The fourth-order valence-electron chi connectivity index (χ4n) is 3.21. The molecule has 4 nitrogen and oxygen atoms in total. The van der Waals surface area contributed by atoms with Crippen LogP contribution in [-0.4, -0.2) is 9.97 Å². The van der Waals surface area contributed by atoms with Gasteiger partial charge in [-0.3, -0.25) is 4.79 Å². The Bertz CT molecular complexity index is 1200. The topological polar surface area (TPSA) is 49.6 Å². The molecular formula is C21H17FN3O+. The number of H-pyrrole nitrogens is 1. The molecular weight excluding hydrogens is 329 g/mol. The second-order valence-corrected chi connectivity index (χ2v) is 6.32. The summed E-state index contributed by atoms with van der Waals surface area (Å²) < 4.78 is 15.7. The number of nitrogens with one attached hydrogen (secondary N) is 1. The van der Waals surface area contributed by atoms with Crippen LogP contribution in [-0.2, 0) is 7.05 Å². The van der Waals surface area contributed by atoms with Crippen LogP contribution in [0.1, 0.15) is 5.56 Å². The molecule has 0 aliphatic carbocycles. The molecule has 2 aromatic heterocycles. The Morgan fingerprint density at radius 3 is 2.69 bits per heavy atom. The molecule has 0 atom stereocenters. The van der Waals surface area contributed by atoms with Crippen LogP contribution in [0.15, 0.2) is 65.7 Å². The monoisotopic (exact) mass is 346 g/mol. The van der Waals surface area contributed by atoms with Crippen LogP contribution in [0.5, 0.6) is 0 Å². The lowest BCUT2D eigenvalue weighted by molar-refractivity contribution is -0.660. The van der Waals surface area contributed by atoms with Crippen LogP contribution in [0.2, 0.25) is 0 Å². The van der Waals surface area contributed by atoms with Crippen molar-refractivity contribution < 1.29 is 8.96 Å². The number of nitrogens with zero attached hydrogens (tertiary/aromatic N) is 2. The number of fused-ring (bicyclic) bond motifs is 1. The van der Waals surface area contributed by atoms with Crippen molar-refractivity contribution in [1.82, 2.24) is 9.97 Å². The Hall–Kier alpha value is -3.34. The van der Waals surface area contributed by atoms with E-state index in [2.05, 4.69) is 9.97 Å². The van der Waals surface area contributed by atoms with Crippen molar-refractivity contribution in [1.29, 1.82) is 0 Å². The Labute approximate surface area is 149 Å². The Morgan fingerprint density at radius 1 is 1.08 bits per heavy atom. The van der Waals surface area contributed by atoms with E-state index in [1.807, 2.05) is 54.2 Å². The van der Waals surface area contributed by atoms with Crippen molar-refractivity contribution >= 4 is 11.0 Å². The van der Waals surface area contributed by atoms with Gasteiger partial charge in [0.15, 0.2) is 6.20 Å². The highest BCUT2D eigenvalue weighted by Gasteiger charge is 2.18.